The third-order valence-corrected chi connectivity index (χ3v) is 5.00. The molecule has 0 saturated carbocycles. The van der Waals surface area contributed by atoms with Gasteiger partial charge in [0.2, 0.25) is 0 Å². The maximum absolute atomic E-state index is 12.5. The van der Waals surface area contributed by atoms with Gasteiger partial charge >= 0.3 is 5.97 Å². The minimum absolute atomic E-state index is 0.237. The summed E-state index contributed by atoms with van der Waals surface area (Å²) in [5.41, 5.74) is 1.62. The zero-order valence-corrected chi connectivity index (χ0v) is 16.2. The van der Waals surface area contributed by atoms with Crippen LogP contribution in [0.2, 0.25) is 0 Å². The highest BCUT2D eigenvalue weighted by Crippen LogP contribution is 2.33. The van der Waals surface area contributed by atoms with E-state index >= 15 is 0 Å². The number of imide groups is 1. The van der Waals surface area contributed by atoms with Crippen LogP contribution in [0.15, 0.2) is 57.9 Å². The Hall–Kier alpha value is -2.38. The van der Waals surface area contributed by atoms with Crippen molar-refractivity contribution in [1.82, 2.24) is 4.90 Å². The Morgan fingerprint density at radius 1 is 1.12 bits per heavy atom. The zero-order chi connectivity index (χ0) is 18.7. The molecule has 5 nitrogen and oxygen atoms in total. The van der Waals surface area contributed by atoms with E-state index in [1.807, 2.05) is 24.3 Å². The summed E-state index contributed by atoms with van der Waals surface area (Å²) in [5.74, 6) is -0.281. The SMILES string of the molecule is CC(=O)Oc1ccc(/C=C2/SC(=O)N(Cc3ccc(Br)cc3)C2=O)cc1. The average molecular weight is 432 g/mol. The van der Waals surface area contributed by atoms with Crippen LogP contribution in [0.3, 0.4) is 0 Å². The van der Waals surface area contributed by atoms with E-state index in [1.54, 1.807) is 30.3 Å². The number of carbonyl (C=O) groups is 3. The largest absolute Gasteiger partial charge is 0.427 e. The lowest BCUT2D eigenvalue weighted by Crippen LogP contribution is -2.27. The summed E-state index contributed by atoms with van der Waals surface area (Å²) in [6.07, 6.45) is 1.66. The van der Waals surface area contributed by atoms with Crippen molar-refractivity contribution in [2.24, 2.45) is 0 Å². The van der Waals surface area contributed by atoms with Crippen molar-refractivity contribution in [3.8, 4) is 5.75 Å². The predicted octanol–water partition coefficient (Wildman–Crippen LogP) is 4.61. The Labute approximate surface area is 163 Å². The number of thioether (sulfide) groups is 1. The number of nitrogens with zero attached hydrogens (tertiary/aromatic N) is 1. The maximum Gasteiger partial charge on any atom is 0.308 e. The number of benzene rings is 2. The molecule has 3 rings (SSSR count). The molecule has 0 aliphatic carbocycles. The number of halogens is 1. The molecule has 0 spiro atoms. The van der Waals surface area contributed by atoms with Crippen LogP contribution in [-0.2, 0) is 16.1 Å². The molecule has 0 unspecified atom stereocenters. The van der Waals surface area contributed by atoms with Crippen molar-refractivity contribution in [3.63, 3.8) is 0 Å². The number of carbonyl (C=O) groups excluding carboxylic acids is 3. The monoisotopic (exact) mass is 431 g/mol. The smallest absolute Gasteiger partial charge is 0.308 e. The predicted molar refractivity (Wildman–Crippen MR) is 103 cm³/mol. The molecule has 0 bridgehead atoms. The van der Waals surface area contributed by atoms with Gasteiger partial charge in [0.05, 0.1) is 11.4 Å². The summed E-state index contributed by atoms with van der Waals surface area (Å²) in [6, 6.07) is 14.2. The van der Waals surface area contributed by atoms with Gasteiger partial charge in [-0.25, -0.2) is 0 Å². The van der Waals surface area contributed by atoms with Crippen molar-refractivity contribution in [1.29, 1.82) is 0 Å². The number of amides is 2. The first kappa shape index (κ1) is 18.4. The van der Waals surface area contributed by atoms with E-state index in [0.717, 1.165) is 27.4 Å². The van der Waals surface area contributed by atoms with Gasteiger partial charge < -0.3 is 4.74 Å². The Morgan fingerprint density at radius 2 is 1.77 bits per heavy atom. The molecule has 1 aliphatic rings. The van der Waals surface area contributed by atoms with Crippen LogP contribution in [0, 0.1) is 0 Å². The number of hydrogen-bond acceptors (Lipinski definition) is 5. The standard InChI is InChI=1S/C19H14BrNO4S/c1-12(22)25-16-8-4-13(5-9-16)10-17-18(23)21(19(24)26-17)11-14-2-6-15(20)7-3-14/h2-10H,11H2,1H3/b17-10+. The maximum atomic E-state index is 12.5. The van der Waals surface area contributed by atoms with Crippen molar-refractivity contribution in [3.05, 3.63) is 69.0 Å². The van der Waals surface area contributed by atoms with E-state index in [2.05, 4.69) is 15.9 Å². The summed E-state index contributed by atoms with van der Waals surface area (Å²) in [7, 11) is 0. The Morgan fingerprint density at radius 3 is 2.38 bits per heavy atom. The van der Waals surface area contributed by atoms with E-state index < -0.39 is 5.97 Å². The molecule has 1 fully saturated rings. The van der Waals surface area contributed by atoms with Crippen LogP contribution < -0.4 is 4.74 Å². The van der Waals surface area contributed by atoms with Gasteiger partial charge in [-0.3, -0.25) is 19.3 Å². The number of ether oxygens (including phenoxy) is 1. The molecule has 1 aliphatic heterocycles. The van der Waals surface area contributed by atoms with Gasteiger partial charge in [-0.2, -0.15) is 0 Å². The lowest BCUT2D eigenvalue weighted by molar-refractivity contribution is -0.131. The Kier molecular flexibility index (Phi) is 5.58. The van der Waals surface area contributed by atoms with Crippen LogP contribution in [0.5, 0.6) is 5.75 Å². The van der Waals surface area contributed by atoms with E-state index in [0.29, 0.717) is 10.7 Å². The molecule has 0 radical (unpaired) electrons. The zero-order valence-electron chi connectivity index (χ0n) is 13.8. The van der Waals surface area contributed by atoms with Crippen molar-refractivity contribution in [2.75, 3.05) is 0 Å². The second kappa shape index (κ2) is 7.88. The van der Waals surface area contributed by atoms with Gasteiger partial charge in [-0.05, 0) is 53.2 Å². The van der Waals surface area contributed by atoms with Gasteiger partial charge in [-0.1, -0.05) is 40.2 Å². The molecule has 0 N–H and O–H groups in total. The third kappa shape index (κ3) is 4.42. The highest BCUT2D eigenvalue weighted by molar-refractivity contribution is 9.10. The molecule has 0 atom stereocenters. The molecule has 132 valence electrons. The van der Waals surface area contributed by atoms with Gasteiger partial charge in [0, 0.05) is 11.4 Å². The normalized spacial score (nSPS) is 15.6. The van der Waals surface area contributed by atoms with E-state index in [1.165, 1.54) is 11.8 Å². The first-order chi connectivity index (χ1) is 12.4. The summed E-state index contributed by atoms with van der Waals surface area (Å²) in [6.45, 7) is 1.57. The molecule has 2 aromatic carbocycles. The first-order valence-electron chi connectivity index (χ1n) is 7.70. The quantitative estimate of drug-likeness (QED) is 0.401. The van der Waals surface area contributed by atoms with Crippen LogP contribution in [0.4, 0.5) is 4.79 Å². The van der Waals surface area contributed by atoms with Crippen molar-refractivity contribution < 1.29 is 19.1 Å². The van der Waals surface area contributed by atoms with Crippen LogP contribution in [0.25, 0.3) is 6.08 Å². The van der Waals surface area contributed by atoms with Crippen molar-refractivity contribution >= 4 is 50.9 Å². The second-order valence-electron chi connectivity index (χ2n) is 5.56. The molecular weight excluding hydrogens is 418 g/mol. The fourth-order valence-electron chi connectivity index (χ4n) is 2.36. The first-order valence-corrected chi connectivity index (χ1v) is 9.31. The topological polar surface area (TPSA) is 63.7 Å². The van der Waals surface area contributed by atoms with Gasteiger partial charge in [-0.15, -0.1) is 0 Å². The lowest BCUT2D eigenvalue weighted by Gasteiger charge is -2.12. The molecule has 0 aromatic heterocycles. The minimum Gasteiger partial charge on any atom is -0.427 e. The second-order valence-corrected chi connectivity index (χ2v) is 7.47. The number of hydrogen-bond donors (Lipinski definition) is 0. The fraction of sp³-hybridized carbons (Fsp3) is 0.105. The fourth-order valence-corrected chi connectivity index (χ4v) is 3.46. The van der Waals surface area contributed by atoms with Crippen molar-refractivity contribution in [2.45, 2.75) is 13.5 Å². The number of esters is 1. The number of rotatable bonds is 4. The molecule has 2 amide bonds. The van der Waals surface area contributed by atoms with E-state index in [9.17, 15) is 14.4 Å². The Balaban J connectivity index is 1.74. The van der Waals surface area contributed by atoms with Gasteiger partial charge in [0.1, 0.15) is 5.75 Å². The third-order valence-electron chi connectivity index (χ3n) is 3.57. The summed E-state index contributed by atoms with van der Waals surface area (Å²) < 4.78 is 5.91. The highest BCUT2D eigenvalue weighted by atomic mass is 79.9. The van der Waals surface area contributed by atoms with Crippen LogP contribution in [-0.4, -0.2) is 22.0 Å². The summed E-state index contributed by atoms with van der Waals surface area (Å²) >= 11 is 4.28. The van der Waals surface area contributed by atoms with E-state index in [-0.39, 0.29) is 17.7 Å². The summed E-state index contributed by atoms with van der Waals surface area (Å²) in [5, 5.41) is -0.291. The Bertz CT molecular complexity index is 891. The molecule has 1 saturated heterocycles. The van der Waals surface area contributed by atoms with Crippen LogP contribution in [0.1, 0.15) is 18.1 Å². The molecule has 1 heterocycles. The molecule has 26 heavy (non-hydrogen) atoms. The highest BCUT2D eigenvalue weighted by Gasteiger charge is 2.34. The summed E-state index contributed by atoms with van der Waals surface area (Å²) in [4.78, 5) is 37.3. The molecular formula is C19H14BrNO4S. The van der Waals surface area contributed by atoms with Crippen LogP contribution >= 0.6 is 27.7 Å². The van der Waals surface area contributed by atoms with Gasteiger partial charge in [0.25, 0.3) is 11.1 Å². The van der Waals surface area contributed by atoms with E-state index in [4.69, 9.17) is 4.74 Å². The molecule has 7 heteroatoms. The minimum atomic E-state index is -0.396. The average Bonchev–Trinajstić information content (AvgIpc) is 2.85. The van der Waals surface area contributed by atoms with Gasteiger partial charge in [0.15, 0.2) is 0 Å². The lowest BCUT2D eigenvalue weighted by atomic mass is 10.2. The molecule has 2 aromatic rings.